The molecule has 3 amide bonds. The quantitative estimate of drug-likeness (QED) is 0.0499. The van der Waals surface area contributed by atoms with Gasteiger partial charge < -0.3 is 85.3 Å². The lowest BCUT2D eigenvalue weighted by molar-refractivity contribution is 0.0221. The van der Waals surface area contributed by atoms with E-state index in [9.17, 15) is 39.8 Å². The number of Topliss-reactive ketones (excluding diaryl/α,β-unsaturated/α-hetero) is 2. The van der Waals surface area contributed by atoms with Crippen LogP contribution < -0.4 is 56.4 Å². The third-order valence-corrected chi connectivity index (χ3v) is 26.3. The standard InChI is InChI=1S/C33H42N6O2.C28H34N6.C17H24N2O3.C16H18N4.C9H18N2O2.C8H7BrO/c1-23-19-27(22-39(21-23)30-13-10-26(20-34)31-29(30)7-6-14-35-31)36-24(2)25-8-11-28(12-9-25)37-15-17-38(18-16-37)32(40)41-33(3,4)5;1-20-16-24(32-21(2)22-5-8-25(9-6-22)33-14-12-30-13-15-33)19-34(18-20)27-10-7-23(17-29)28-26(27)4-3-11-31-28;1-13(20)14-5-7-15(8-6-14)18-9-11-19(12-10-18)16(21)22-17(2,3)4;1-11-7-13(18)10-20(9-11)15-5-4-12(8-17)16-14(15)3-2-6-19-16;1-9(2,3)13-8(12)11-6-4-10-5-7-11;1-6(10)7-2-4-8(9)5-3-7/h6-14,23-24,27,36H,15-19,21-22H2,1-5H3;3-11,20-21,24,30,32H,12-16,18-19H2,1-2H3;5-8H,9-12H2,1-4H3;2-6,11,13H,7,9-10,18H2,1H3;10H,4-7H2,1-3H3;2-5H,1H3/t23-,24?,27+;20-,21?,24+;;11-,13+;;/m00.0../s1. The maximum absolute atomic E-state index is 12.4. The van der Waals surface area contributed by atoms with Crippen LogP contribution in [0.1, 0.15) is 191 Å². The van der Waals surface area contributed by atoms with E-state index < -0.39 is 11.2 Å². The van der Waals surface area contributed by atoms with E-state index in [0.717, 1.165) is 202 Å². The predicted octanol–water partition coefficient (Wildman–Crippen LogP) is 18.5. The van der Waals surface area contributed by atoms with E-state index >= 15 is 0 Å². The molecule has 7 aliphatic heterocycles. The second-order valence-corrected chi connectivity index (χ2v) is 41.7. The Morgan fingerprint density at radius 3 is 1.01 bits per heavy atom. The van der Waals surface area contributed by atoms with Crippen molar-refractivity contribution in [1.82, 2.24) is 50.9 Å². The van der Waals surface area contributed by atoms with Crippen molar-refractivity contribution in [1.29, 1.82) is 15.8 Å². The third-order valence-electron chi connectivity index (χ3n) is 25.8. The highest BCUT2D eigenvalue weighted by molar-refractivity contribution is 9.10. The summed E-state index contributed by atoms with van der Waals surface area (Å²) in [5.41, 5.74) is 20.1. The number of carbonyl (C=O) groups is 5. The number of ketones is 2. The number of pyridine rings is 3. The number of hydrogen-bond acceptors (Lipinski definition) is 25. The van der Waals surface area contributed by atoms with Crippen LogP contribution >= 0.6 is 15.9 Å². The van der Waals surface area contributed by atoms with Gasteiger partial charge in [-0.15, -0.1) is 0 Å². The third kappa shape index (κ3) is 30.5. The van der Waals surface area contributed by atoms with Gasteiger partial charge in [0.15, 0.2) is 11.6 Å². The molecule has 0 radical (unpaired) electrons. The van der Waals surface area contributed by atoms with Gasteiger partial charge >= 0.3 is 18.3 Å². The zero-order valence-corrected chi connectivity index (χ0v) is 86.2. The number of ether oxygens (including phenoxy) is 3. The summed E-state index contributed by atoms with van der Waals surface area (Å²) in [7, 11) is 0. The van der Waals surface area contributed by atoms with Gasteiger partial charge in [0.05, 0.1) is 33.2 Å². The molecule has 7 saturated heterocycles. The van der Waals surface area contributed by atoms with Crippen LogP contribution in [0, 0.1) is 51.7 Å². The molecule has 0 bridgehead atoms. The molecule has 10 aromatic rings. The number of anilines is 6. The highest BCUT2D eigenvalue weighted by atomic mass is 79.9. The van der Waals surface area contributed by atoms with E-state index in [1.807, 2.05) is 147 Å². The average molecular weight is 1970 g/mol. The van der Waals surface area contributed by atoms with Crippen molar-refractivity contribution in [2.45, 2.75) is 177 Å². The van der Waals surface area contributed by atoms with Crippen LogP contribution in [-0.2, 0) is 14.2 Å². The predicted molar refractivity (Wildman–Crippen MR) is 565 cm³/mol. The van der Waals surface area contributed by atoms with Gasteiger partial charge in [-0.25, -0.2) is 14.4 Å². The van der Waals surface area contributed by atoms with Gasteiger partial charge in [0.25, 0.3) is 0 Å². The molecular formula is C111H143BrN20O8. The van der Waals surface area contributed by atoms with Gasteiger partial charge in [0, 0.05) is 259 Å². The van der Waals surface area contributed by atoms with Crippen LogP contribution in [0.15, 0.2) is 193 Å². The van der Waals surface area contributed by atoms with Crippen LogP contribution in [0.5, 0.6) is 0 Å². The number of nitriles is 3. The minimum absolute atomic E-state index is 0.0706. The second-order valence-electron chi connectivity index (χ2n) is 40.8. The van der Waals surface area contributed by atoms with Crippen molar-refractivity contribution in [3.63, 3.8) is 0 Å². The summed E-state index contributed by atoms with van der Waals surface area (Å²) in [5.74, 6) is 1.88. The topological polar surface area (TPSA) is 326 Å². The van der Waals surface area contributed by atoms with E-state index in [1.54, 1.807) is 59.3 Å². The molecule has 742 valence electrons. The first kappa shape index (κ1) is 106. The number of fused-ring (bicyclic) bond motifs is 3. The molecule has 10 heterocycles. The number of aromatic nitrogens is 3. The lowest BCUT2D eigenvalue weighted by atomic mass is 9.93. The van der Waals surface area contributed by atoms with E-state index in [1.165, 1.54) is 28.2 Å². The molecule has 0 aliphatic carbocycles. The zero-order valence-electron chi connectivity index (χ0n) is 84.6. The maximum atomic E-state index is 12.4. The van der Waals surface area contributed by atoms with Gasteiger partial charge in [-0.1, -0.05) is 73.1 Å². The normalized spacial score (nSPS) is 19.4. The Morgan fingerprint density at radius 1 is 0.393 bits per heavy atom. The Balaban J connectivity index is 0.000000159. The van der Waals surface area contributed by atoms with Gasteiger partial charge in [0.1, 0.15) is 35.0 Å². The summed E-state index contributed by atoms with van der Waals surface area (Å²) in [6, 6.07) is 64.9. The molecule has 28 nitrogen and oxygen atoms in total. The average Bonchev–Trinajstić information content (AvgIpc) is 0.782. The minimum Gasteiger partial charge on any atom is -0.444 e. The van der Waals surface area contributed by atoms with E-state index in [-0.39, 0.29) is 53.6 Å². The monoisotopic (exact) mass is 1960 g/mol. The Morgan fingerprint density at radius 2 is 0.693 bits per heavy atom. The number of halogens is 1. The van der Waals surface area contributed by atoms with E-state index in [2.05, 4.69) is 207 Å². The molecule has 6 N–H and O–H groups in total. The number of benzene rings is 7. The Kier molecular flexibility index (Phi) is 37.6. The molecule has 0 saturated carbocycles. The molecule has 29 heteroatoms. The van der Waals surface area contributed by atoms with Crippen LogP contribution in [0.3, 0.4) is 0 Å². The molecule has 3 aromatic heterocycles. The van der Waals surface area contributed by atoms with Crippen LogP contribution in [-0.4, -0.2) is 238 Å². The summed E-state index contributed by atoms with van der Waals surface area (Å²) in [6.45, 7) is 50.4. The highest BCUT2D eigenvalue weighted by Crippen LogP contribution is 2.37. The largest absolute Gasteiger partial charge is 0.444 e. The molecular weight excluding hydrogens is 1820 g/mol. The number of amides is 3. The summed E-state index contributed by atoms with van der Waals surface area (Å²) in [6.07, 6.45) is 7.93. The summed E-state index contributed by atoms with van der Waals surface area (Å²) in [5, 5.41) is 45.8. The Hall–Kier alpha value is -12.5. The molecule has 7 aliphatic rings. The molecule has 7 fully saturated rings. The van der Waals surface area contributed by atoms with Crippen LogP contribution in [0.2, 0.25) is 0 Å². The Labute approximate surface area is 836 Å². The summed E-state index contributed by atoms with van der Waals surface area (Å²) >= 11 is 3.28. The number of hydrogen-bond donors (Lipinski definition) is 5. The van der Waals surface area contributed by atoms with Gasteiger partial charge in [-0.3, -0.25) is 24.5 Å². The lowest BCUT2D eigenvalue weighted by Gasteiger charge is -2.40. The lowest BCUT2D eigenvalue weighted by Crippen LogP contribution is -2.50. The second kappa shape index (κ2) is 49.5. The van der Waals surface area contributed by atoms with Gasteiger partial charge in [-0.05, 0) is 272 Å². The van der Waals surface area contributed by atoms with Crippen molar-refractivity contribution in [3.8, 4) is 18.2 Å². The van der Waals surface area contributed by atoms with Crippen molar-refractivity contribution < 1.29 is 38.2 Å². The number of rotatable bonds is 14. The van der Waals surface area contributed by atoms with Gasteiger partial charge in [0.2, 0.25) is 0 Å². The smallest absolute Gasteiger partial charge is 0.410 e. The summed E-state index contributed by atoms with van der Waals surface area (Å²) in [4.78, 5) is 90.9. The van der Waals surface area contributed by atoms with Crippen molar-refractivity contribution in [2.24, 2.45) is 23.5 Å². The molecule has 8 atom stereocenters. The fourth-order valence-electron chi connectivity index (χ4n) is 19.0. The zero-order chi connectivity index (χ0) is 101. The number of nitrogens with two attached hydrogens (primary N) is 1. The van der Waals surface area contributed by atoms with Crippen LogP contribution in [0.25, 0.3) is 32.7 Å². The molecule has 2 unspecified atom stereocenters. The molecule has 140 heavy (non-hydrogen) atoms. The van der Waals surface area contributed by atoms with E-state index in [0.29, 0.717) is 72.7 Å². The number of piperidine rings is 3. The number of piperazine rings is 4. The van der Waals surface area contributed by atoms with E-state index in [4.69, 9.17) is 19.9 Å². The van der Waals surface area contributed by atoms with Crippen molar-refractivity contribution in [2.75, 3.05) is 173 Å². The fraction of sp³-hybridized carbons (Fsp3) is 0.468. The minimum atomic E-state index is -0.474. The Bertz CT molecular complexity index is 5910. The number of nitrogens with zero attached hydrogens (tertiary/aromatic N) is 15. The first-order valence-corrected chi connectivity index (χ1v) is 50.2. The number of nitrogens with one attached hydrogen (secondary N) is 4. The number of carbonyl (C=O) groups excluding carboxylic acids is 5. The first-order valence-electron chi connectivity index (χ1n) is 49.4. The van der Waals surface area contributed by atoms with Gasteiger partial charge in [-0.2, -0.15) is 15.8 Å². The highest BCUT2D eigenvalue weighted by Gasteiger charge is 2.34. The van der Waals surface area contributed by atoms with Crippen molar-refractivity contribution >= 4 is 113 Å². The molecule has 7 aromatic carbocycles. The fourth-order valence-corrected chi connectivity index (χ4v) is 19.3. The maximum Gasteiger partial charge on any atom is 0.410 e. The SMILES string of the molecule is CC(=O)c1ccc(Br)cc1.CC(=O)c1ccc(N2CCN(C(=O)OC(C)(C)C)CC2)cc1.CC(C)(C)OC(=O)N1CCNCC1.CC(N[C@@H]1C[C@H](C)CN(c2ccc(C#N)c3ncccc23)C1)c1ccc(N2CCN(C(=O)OC(C)(C)C)CC2)cc1.CC(N[C@@H]1C[C@H](C)CN(c2ccc(C#N)c3ncccc23)C1)c1ccc(N2CCNCC2)cc1.C[C@H]1C[C@@H](N)CN(c2ccc(C#N)c3ncccc23)C1. The molecule has 17 rings (SSSR count). The van der Waals surface area contributed by atoms with Crippen LogP contribution in [0.4, 0.5) is 48.5 Å². The first-order chi connectivity index (χ1) is 66.9. The summed E-state index contributed by atoms with van der Waals surface area (Å²) < 4.78 is 17.2. The molecule has 0 spiro atoms. The van der Waals surface area contributed by atoms with Crippen molar-refractivity contribution in [3.05, 3.63) is 232 Å².